The van der Waals surface area contributed by atoms with Gasteiger partial charge in [0, 0.05) is 32.0 Å². The van der Waals surface area contributed by atoms with Crippen LogP contribution in [0.4, 0.5) is 0 Å². The number of hydrogen-bond acceptors (Lipinski definition) is 3. The summed E-state index contributed by atoms with van der Waals surface area (Å²) in [6.45, 7) is 3.90. The number of rotatable bonds is 4. The number of fused-ring (bicyclic) bond motifs is 1. The second-order valence-corrected chi connectivity index (χ2v) is 6.69. The van der Waals surface area contributed by atoms with Crippen molar-refractivity contribution in [1.29, 1.82) is 0 Å². The molecule has 1 aromatic heterocycles. The average Bonchev–Trinajstić information content (AvgIpc) is 2.98. The van der Waals surface area contributed by atoms with E-state index in [1.54, 1.807) is 6.08 Å². The molecule has 1 fully saturated rings. The number of hydrogen-bond donors (Lipinski definition) is 1. The molecule has 22 heavy (non-hydrogen) atoms. The predicted octanol–water partition coefficient (Wildman–Crippen LogP) is 2.41. The molecule has 2 heterocycles. The topological polar surface area (TPSA) is 59.8 Å². The van der Waals surface area contributed by atoms with Gasteiger partial charge >= 0.3 is 0 Å². The van der Waals surface area contributed by atoms with Gasteiger partial charge in [0.1, 0.15) is 11.6 Å². The van der Waals surface area contributed by atoms with Crippen LogP contribution in [0.1, 0.15) is 57.1 Å². The molecule has 3 rings (SSSR count). The van der Waals surface area contributed by atoms with Gasteiger partial charge in [0.05, 0.1) is 0 Å². The van der Waals surface area contributed by atoms with Crippen molar-refractivity contribution in [2.24, 2.45) is 5.92 Å². The van der Waals surface area contributed by atoms with Crippen LogP contribution < -0.4 is 5.32 Å². The van der Waals surface area contributed by atoms with E-state index in [0.29, 0.717) is 6.54 Å². The van der Waals surface area contributed by atoms with Crippen molar-refractivity contribution in [3.05, 3.63) is 23.3 Å². The fourth-order valence-electron chi connectivity index (χ4n) is 3.48. The van der Waals surface area contributed by atoms with Gasteiger partial charge in [0.2, 0.25) is 5.91 Å². The summed E-state index contributed by atoms with van der Waals surface area (Å²) in [5.41, 5.74) is 1.29. The second-order valence-electron chi connectivity index (χ2n) is 6.69. The van der Waals surface area contributed by atoms with Crippen molar-refractivity contribution in [3.63, 3.8) is 0 Å². The molecule has 1 atom stereocenters. The number of nitrogens with one attached hydrogen (secondary N) is 1. The van der Waals surface area contributed by atoms with Crippen LogP contribution in [0, 0.1) is 5.92 Å². The first-order chi connectivity index (χ1) is 10.7. The summed E-state index contributed by atoms with van der Waals surface area (Å²) >= 11 is 0. The zero-order valence-corrected chi connectivity index (χ0v) is 13.5. The molecule has 0 aromatic carbocycles. The molecule has 0 saturated heterocycles. The minimum atomic E-state index is 0.0414. The summed E-state index contributed by atoms with van der Waals surface area (Å²) in [4.78, 5) is 11.9. The van der Waals surface area contributed by atoms with Crippen LogP contribution in [0.25, 0.3) is 0 Å². The Morgan fingerprint density at radius 3 is 3.05 bits per heavy atom. The lowest BCUT2D eigenvalue weighted by Crippen LogP contribution is -2.25. The van der Waals surface area contributed by atoms with Crippen molar-refractivity contribution < 1.29 is 4.79 Å². The first-order valence-corrected chi connectivity index (χ1v) is 8.60. The lowest BCUT2D eigenvalue weighted by Gasteiger charge is -2.07. The molecule has 0 radical (unpaired) electrons. The highest BCUT2D eigenvalue weighted by atomic mass is 16.1. The third-order valence-corrected chi connectivity index (χ3v) is 4.74. The lowest BCUT2D eigenvalue weighted by molar-refractivity contribution is -0.116. The smallest absolute Gasteiger partial charge is 0.243 e. The largest absolute Gasteiger partial charge is 0.352 e. The van der Waals surface area contributed by atoms with Crippen molar-refractivity contribution in [2.75, 3.05) is 6.54 Å². The number of carbonyl (C=O) groups excluding carboxylic acids is 1. The standard InChI is InChI=1S/C17H26N4O/c1-13-6-7-14(11-13)12-17(22)18-9-8-16-20-19-15-5-3-2-4-10-21(15)16/h12-13H,2-11H2,1H3,(H,18,22). The molecule has 5 nitrogen and oxygen atoms in total. The summed E-state index contributed by atoms with van der Waals surface area (Å²) in [5.74, 6) is 2.89. The first-order valence-electron chi connectivity index (χ1n) is 8.60. The summed E-state index contributed by atoms with van der Waals surface area (Å²) in [7, 11) is 0. The lowest BCUT2D eigenvalue weighted by atomic mass is 10.1. The molecule has 1 N–H and O–H groups in total. The number of amides is 1. The van der Waals surface area contributed by atoms with E-state index in [2.05, 4.69) is 27.0 Å². The molecule has 1 aliphatic heterocycles. The number of aryl methyl sites for hydroxylation is 1. The van der Waals surface area contributed by atoms with Gasteiger partial charge in [-0.1, -0.05) is 18.9 Å². The van der Waals surface area contributed by atoms with Crippen molar-refractivity contribution in [1.82, 2.24) is 20.1 Å². The van der Waals surface area contributed by atoms with E-state index in [0.717, 1.165) is 49.8 Å². The normalized spacial score (nSPS) is 23.3. The van der Waals surface area contributed by atoms with Crippen molar-refractivity contribution >= 4 is 5.91 Å². The fourth-order valence-corrected chi connectivity index (χ4v) is 3.48. The molecule has 120 valence electrons. The van der Waals surface area contributed by atoms with Gasteiger partial charge in [-0.3, -0.25) is 4.79 Å². The fraction of sp³-hybridized carbons (Fsp3) is 0.706. The minimum absolute atomic E-state index is 0.0414. The van der Waals surface area contributed by atoms with Crippen LogP contribution in [-0.2, 0) is 24.2 Å². The summed E-state index contributed by atoms with van der Waals surface area (Å²) in [6.07, 6.45) is 10.6. The third kappa shape index (κ3) is 3.76. The van der Waals surface area contributed by atoms with E-state index in [9.17, 15) is 4.79 Å². The summed E-state index contributed by atoms with van der Waals surface area (Å²) in [5, 5.41) is 11.6. The molecule has 1 aliphatic carbocycles. The Bertz CT molecular complexity index is 561. The Morgan fingerprint density at radius 1 is 1.32 bits per heavy atom. The maximum atomic E-state index is 11.9. The summed E-state index contributed by atoms with van der Waals surface area (Å²) in [6, 6.07) is 0. The van der Waals surface area contributed by atoms with Crippen molar-refractivity contribution in [3.8, 4) is 0 Å². The zero-order valence-electron chi connectivity index (χ0n) is 13.5. The van der Waals surface area contributed by atoms with Crippen LogP contribution in [0.3, 0.4) is 0 Å². The van der Waals surface area contributed by atoms with Crippen LogP contribution in [0.5, 0.6) is 0 Å². The molecule has 2 aliphatic rings. The molecule has 0 bridgehead atoms. The van der Waals surface area contributed by atoms with E-state index in [4.69, 9.17) is 0 Å². The van der Waals surface area contributed by atoms with Crippen LogP contribution in [0.15, 0.2) is 11.6 Å². The van der Waals surface area contributed by atoms with Gasteiger partial charge in [-0.2, -0.15) is 0 Å². The molecule has 5 heteroatoms. The maximum absolute atomic E-state index is 11.9. The van der Waals surface area contributed by atoms with E-state index >= 15 is 0 Å². The highest BCUT2D eigenvalue weighted by Crippen LogP contribution is 2.29. The monoisotopic (exact) mass is 302 g/mol. The van der Waals surface area contributed by atoms with Crippen LogP contribution in [0.2, 0.25) is 0 Å². The van der Waals surface area contributed by atoms with Gasteiger partial charge in [0.25, 0.3) is 0 Å². The molecule has 1 aromatic rings. The molecule has 1 unspecified atom stereocenters. The first kappa shape index (κ1) is 15.3. The Morgan fingerprint density at radius 2 is 2.23 bits per heavy atom. The van der Waals surface area contributed by atoms with Gasteiger partial charge in [-0.25, -0.2) is 0 Å². The highest BCUT2D eigenvalue weighted by Gasteiger charge is 2.16. The van der Waals surface area contributed by atoms with Gasteiger partial charge in [-0.15, -0.1) is 10.2 Å². The van der Waals surface area contributed by atoms with Gasteiger partial charge < -0.3 is 9.88 Å². The number of allylic oxidation sites excluding steroid dienone is 1. The second kappa shape index (κ2) is 7.07. The van der Waals surface area contributed by atoms with Crippen molar-refractivity contribution in [2.45, 2.75) is 64.8 Å². The van der Waals surface area contributed by atoms with E-state index < -0.39 is 0 Å². The Labute approximate surface area is 132 Å². The van der Waals surface area contributed by atoms with E-state index in [1.807, 2.05) is 0 Å². The Kier molecular flexibility index (Phi) is 4.90. The van der Waals surface area contributed by atoms with Crippen LogP contribution in [-0.4, -0.2) is 27.2 Å². The highest BCUT2D eigenvalue weighted by molar-refractivity contribution is 5.88. The minimum Gasteiger partial charge on any atom is -0.352 e. The molecular weight excluding hydrogens is 276 g/mol. The van der Waals surface area contributed by atoms with Crippen LogP contribution >= 0.6 is 0 Å². The van der Waals surface area contributed by atoms with E-state index in [-0.39, 0.29) is 5.91 Å². The quantitative estimate of drug-likeness (QED) is 0.869. The molecule has 0 spiro atoms. The summed E-state index contributed by atoms with van der Waals surface area (Å²) < 4.78 is 2.25. The van der Waals surface area contributed by atoms with Gasteiger partial charge in [0.15, 0.2) is 0 Å². The number of aromatic nitrogens is 3. The molecule has 1 saturated carbocycles. The van der Waals surface area contributed by atoms with Gasteiger partial charge in [-0.05, 0) is 38.0 Å². The average molecular weight is 302 g/mol. The number of carbonyl (C=O) groups is 1. The molecule has 1 amide bonds. The molecular formula is C17H26N4O. The zero-order chi connectivity index (χ0) is 15.4. The predicted molar refractivity (Wildman–Crippen MR) is 85.4 cm³/mol. The van der Waals surface area contributed by atoms with E-state index in [1.165, 1.54) is 31.3 Å². The third-order valence-electron chi connectivity index (χ3n) is 4.74. The number of nitrogens with zero attached hydrogens (tertiary/aromatic N) is 3. The Balaban J connectivity index is 1.49. The Hall–Kier alpha value is -1.65. The SMILES string of the molecule is CC1CCC(=CC(=O)NCCc2nnc3n2CCCCC3)C1. The maximum Gasteiger partial charge on any atom is 0.243 e.